The van der Waals surface area contributed by atoms with Gasteiger partial charge in [0.2, 0.25) is 0 Å². The van der Waals surface area contributed by atoms with Crippen LogP contribution in [0.1, 0.15) is 47.0 Å². The highest BCUT2D eigenvalue weighted by molar-refractivity contribution is 4.96. The molecule has 0 radical (unpaired) electrons. The first-order chi connectivity index (χ1) is 11.8. The minimum atomic E-state index is -2.53. The molecule has 0 amide bonds. The lowest BCUT2D eigenvalue weighted by atomic mass is 9.72. The minimum absolute atomic E-state index is 0.0148. The van der Waals surface area contributed by atoms with Crippen molar-refractivity contribution in [1.29, 1.82) is 0 Å². The molecule has 5 heteroatoms. The van der Waals surface area contributed by atoms with Gasteiger partial charge in [0.1, 0.15) is 0 Å². The van der Waals surface area contributed by atoms with Crippen molar-refractivity contribution in [2.45, 2.75) is 65.0 Å². The van der Waals surface area contributed by atoms with Crippen LogP contribution >= 0.6 is 0 Å². The predicted molar refractivity (Wildman–Crippen MR) is 99.1 cm³/mol. The van der Waals surface area contributed by atoms with E-state index in [0.717, 1.165) is 51.5 Å². The van der Waals surface area contributed by atoms with Gasteiger partial charge < -0.3 is 4.90 Å². The van der Waals surface area contributed by atoms with Crippen LogP contribution in [0.4, 0.5) is 8.78 Å². The Morgan fingerprint density at radius 3 is 2.12 bits per heavy atom. The van der Waals surface area contributed by atoms with Crippen molar-refractivity contribution in [3.63, 3.8) is 0 Å². The number of piperazine rings is 1. The van der Waals surface area contributed by atoms with Crippen LogP contribution in [0, 0.1) is 17.8 Å². The van der Waals surface area contributed by atoms with E-state index in [1.54, 1.807) is 0 Å². The van der Waals surface area contributed by atoms with Crippen molar-refractivity contribution in [2.75, 3.05) is 45.8 Å². The van der Waals surface area contributed by atoms with Crippen LogP contribution in [0.3, 0.4) is 0 Å². The van der Waals surface area contributed by atoms with Gasteiger partial charge in [-0.3, -0.25) is 9.80 Å². The van der Waals surface area contributed by atoms with Crippen molar-refractivity contribution in [3.8, 4) is 0 Å². The fourth-order valence-electron chi connectivity index (χ4n) is 4.79. The van der Waals surface area contributed by atoms with Gasteiger partial charge >= 0.3 is 0 Å². The molecule has 0 bridgehead atoms. The van der Waals surface area contributed by atoms with Gasteiger partial charge in [-0.1, -0.05) is 13.8 Å². The molecule has 1 saturated carbocycles. The van der Waals surface area contributed by atoms with Crippen molar-refractivity contribution >= 4 is 0 Å². The van der Waals surface area contributed by atoms with Crippen molar-refractivity contribution in [3.05, 3.63) is 0 Å². The summed E-state index contributed by atoms with van der Waals surface area (Å²) in [6.45, 7) is 14.3. The normalized spacial score (nSPS) is 35.3. The minimum Gasteiger partial charge on any atom is -0.300 e. The maximum atomic E-state index is 14.8. The lowest BCUT2D eigenvalue weighted by Gasteiger charge is -2.49. The lowest BCUT2D eigenvalue weighted by Crippen LogP contribution is -2.58. The second kappa shape index (κ2) is 7.77. The second-order valence-electron chi connectivity index (χ2n) is 9.28. The first-order valence-corrected chi connectivity index (χ1v) is 10.3. The van der Waals surface area contributed by atoms with Crippen molar-refractivity contribution in [1.82, 2.24) is 14.7 Å². The molecule has 0 aromatic carbocycles. The Balaban J connectivity index is 1.46. The largest absolute Gasteiger partial charge is 0.300 e. The smallest absolute Gasteiger partial charge is 0.264 e. The molecule has 3 fully saturated rings. The van der Waals surface area contributed by atoms with E-state index in [1.807, 2.05) is 0 Å². The van der Waals surface area contributed by atoms with E-state index in [9.17, 15) is 8.78 Å². The SMILES string of the molecule is CC(C)C1CC(N2CCC(CN3CCN(C(C)C)CC3)C(F)(F)C2)C1. The topological polar surface area (TPSA) is 9.72 Å². The Morgan fingerprint density at radius 1 is 0.960 bits per heavy atom. The van der Waals surface area contributed by atoms with Crippen LogP contribution in [0.5, 0.6) is 0 Å². The second-order valence-corrected chi connectivity index (χ2v) is 9.28. The first kappa shape index (κ1) is 19.5. The Morgan fingerprint density at radius 2 is 1.60 bits per heavy atom. The molecule has 1 unspecified atom stereocenters. The van der Waals surface area contributed by atoms with Gasteiger partial charge in [0.15, 0.2) is 0 Å². The maximum Gasteiger partial charge on any atom is 0.264 e. The van der Waals surface area contributed by atoms with Crippen LogP contribution in [0.2, 0.25) is 0 Å². The molecule has 146 valence electrons. The average Bonchev–Trinajstić information content (AvgIpc) is 2.48. The Bertz CT molecular complexity index is 427. The lowest BCUT2D eigenvalue weighted by molar-refractivity contribution is -0.138. The number of nitrogens with zero attached hydrogens (tertiary/aromatic N) is 3. The number of piperidine rings is 1. The van der Waals surface area contributed by atoms with Gasteiger partial charge in [0.25, 0.3) is 5.92 Å². The van der Waals surface area contributed by atoms with Crippen LogP contribution in [0.25, 0.3) is 0 Å². The third-order valence-electron chi connectivity index (χ3n) is 7.00. The third kappa shape index (κ3) is 4.54. The van der Waals surface area contributed by atoms with E-state index >= 15 is 0 Å². The van der Waals surface area contributed by atoms with Gasteiger partial charge in [-0.15, -0.1) is 0 Å². The van der Waals surface area contributed by atoms with Crippen molar-refractivity contribution in [2.24, 2.45) is 17.8 Å². The summed E-state index contributed by atoms with van der Waals surface area (Å²) in [6, 6.07) is 0.970. The molecule has 2 heterocycles. The fraction of sp³-hybridized carbons (Fsp3) is 1.00. The van der Waals surface area contributed by atoms with Gasteiger partial charge in [-0.25, -0.2) is 8.78 Å². The number of likely N-dealkylation sites (tertiary alicyclic amines) is 1. The van der Waals surface area contributed by atoms with Crippen LogP contribution in [-0.2, 0) is 0 Å². The van der Waals surface area contributed by atoms with Gasteiger partial charge in [-0.05, 0) is 51.5 Å². The fourth-order valence-corrected chi connectivity index (χ4v) is 4.79. The zero-order valence-corrected chi connectivity index (χ0v) is 16.6. The highest BCUT2D eigenvalue weighted by Crippen LogP contribution is 2.41. The molecule has 1 atom stereocenters. The first-order valence-electron chi connectivity index (χ1n) is 10.3. The molecule has 0 aromatic heterocycles. The van der Waals surface area contributed by atoms with E-state index in [1.165, 1.54) is 0 Å². The number of rotatable bonds is 5. The molecular weight excluding hydrogens is 320 g/mol. The summed E-state index contributed by atoms with van der Waals surface area (Å²) in [7, 11) is 0. The zero-order valence-electron chi connectivity index (χ0n) is 16.6. The summed E-state index contributed by atoms with van der Waals surface area (Å²) >= 11 is 0. The van der Waals surface area contributed by atoms with E-state index in [2.05, 4.69) is 42.4 Å². The molecule has 0 spiro atoms. The molecule has 1 aliphatic carbocycles. The Kier molecular flexibility index (Phi) is 6.06. The monoisotopic (exact) mass is 357 g/mol. The number of halogens is 2. The summed E-state index contributed by atoms with van der Waals surface area (Å²) in [4.78, 5) is 6.80. The van der Waals surface area contributed by atoms with Crippen LogP contribution in [0.15, 0.2) is 0 Å². The molecule has 2 saturated heterocycles. The Labute approximate surface area is 152 Å². The zero-order chi connectivity index (χ0) is 18.2. The molecule has 25 heavy (non-hydrogen) atoms. The van der Waals surface area contributed by atoms with Gasteiger partial charge in [0, 0.05) is 50.7 Å². The average molecular weight is 358 g/mol. The summed E-state index contributed by atoms with van der Waals surface area (Å²) in [5.74, 6) is -1.56. The quantitative estimate of drug-likeness (QED) is 0.747. The molecule has 3 nitrogen and oxygen atoms in total. The van der Waals surface area contributed by atoms with Gasteiger partial charge in [-0.2, -0.15) is 0 Å². The highest BCUT2D eigenvalue weighted by atomic mass is 19.3. The predicted octanol–water partition coefficient (Wildman–Crippen LogP) is 3.40. The van der Waals surface area contributed by atoms with E-state index in [-0.39, 0.29) is 6.54 Å². The molecule has 0 aromatic rings. The van der Waals surface area contributed by atoms with Gasteiger partial charge in [0.05, 0.1) is 6.54 Å². The third-order valence-corrected chi connectivity index (χ3v) is 7.00. The van der Waals surface area contributed by atoms with Crippen molar-refractivity contribution < 1.29 is 8.78 Å². The molecule has 3 rings (SSSR count). The summed E-state index contributed by atoms with van der Waals surface area (Å²) in [6.07, 6.45) is 2.89. The van der Waals surface area contributed by atoms with E-state index in [0.29, 0.717) is 31.0 Å². The summed E-state index contributed by atoms with van der Waals surface area (Å²) in [5.41, 5.74) is 0. The van der Waals surface area contributed by atoms with E-state index in [4.69, 9.17) is 0 Å². The standard InChI is InChI=1S/C20H37F2N3/c1-15(2)17-11-19(12-17)25-6-5-18(20(21,22)14-25)13-23-7-9-24(10-8-23)16(3)4/h15-19H,5-14H2,1-4H3. The number of alkyl halides is 2. The maximum absolute atomic E-state index is 14.8. The summed E-state index contributed by atoms with van der Waals surface area (Å²) < 4.78 is 29.6. The summed E-state index contributed by atoms with van der Waals surface area (Å²) in [5, 5.41) is 0. The van der Waals surface area contributed by atoms with Crippen LogP contribution in [-0.4, -0.2) is 78.5 Å². The van der Waals surface area contributed by atoms with E-state index < -0.39 is 11.8 Å². The van der Waals surface area contributed by atoms with Crippen LogP contribution < -0.4 is 0 Å². The molecular formula is C20H37F2N3. The molecule has 2 aliphatic heterocycles. The highest BCUT2D eigenvalue weighted by Gasteiger charge is 2.48. The number of hydrogen-bond acceptors (Lipinski definition) is 3. The molecule has 0 N–H and O–H groups in total. The number of hydrogen-bond donors (Lipinski definition) is 0. The Hall–Kier alpha value is -0.260. The molecule has 3 aliphatic rings.